The van der Waals surface area contributed by atoms with Gasteiger partial charge in [0.25, 0.3) is 5.91 Å². The minimum Gasteiger partial charge on any atom is -0.493 e. The van der Waals surface area contributed by atoms with Crippen molar-refractivity contribution < 1.29 is 19.0 Å². The Labute approximate surface area is 198 Å². The summed E-state index contributed by atoms with van der Waals surface area (Å²) >= 11 is 5.98. The van der Waals surface area contributed by atoms with Crippen LogP contribution < -0.4 is 14.8 Å². The number of carbonyl (C=O) groups is 1. The summed E-state index contributed by atoms with van der Waals surface area (Å²) in [6, 6.07) is 19.7. The zero-order chi connectivity index (χ0) is 23.6. The fraction of sp³-hybridized carbons (Fsp3) is 0.148. The van der Waals surface area contributed by atoms with E-state index >= 15 is 0 Å². The number of ether oxygens (including phenoxy) is 3. The zero-order valence-electron chi connectivity index (χ0n) is 18.0. The molecular weight excluding hydrogens is 438 g/mol. The van der Waals surface area contributed by atoms with Crippen molar-refractivity contribution in [1.29, 1.82) is 0 Å². The number of terminal acetylenes is 2. The highest BCUT2D eigenvalue weighted by Gasteiger charge is 2.22. The van der Waals surface area contributed by atoms with Crippen molar-refractivity contribution in [3.05, 3.63) is 77.3 Å². The molecule has 1 amide bonds. The van der Waals surface area contributed by atoms with Crippen LogP contribution in [0.25, 0.3) is 11.1 Å². The number of nitrogens with one attached hydrogen (secondary N) is 1. The van der Waals surface area contributed by atoms with Crippen LogP contribution in [0.15, 0.2) is 66.7 Å². The van der Waals surface area contributed by atoms with Gasteiger partial charge in [-0.2, -0.15) is 0 Å². The van der Waals surface area contributed by atoms with Crippen molar-refractivity contribution >= 4 is 23.2 Å². The molecular formula is C27H22ClNO4. The molecule has 0 bridgehead atoms. The highest BCUT2D eigenvalue weighted by atomic mass is 35.5. The molecule has 0 aliphatic rings. The monoisotopic (exact) mass is 459 g/mol. The van der Waals surface area contributed by atoms with Gasteiger partial charge in [-0.1, -0.05) is 59.8 Å². The molecule has 0 saturated heterocycles. The van der Waals surface area contributed by atoms with E-state index in [1.807, 2.05) is 36.4 Å². The molecule has 3 aromatic rings. The molecule has 0 fully saturated rings. The van der Waals surface area contributed by atoms with Gasteiger partial charge in [-0.05, 0) is 41.5 Å². The second-order valence-electron chi connectivity index (χ2n) is 6.84. The van der Waals surface area contributed by atoms with E-state index in [4.69, 9.17) is 38.7 Å². The number of rotatable bonds is 9. The Morgan fingerprint density at radius 1 is 1.00 bits per heavy atom. The summed E-state index contributed by atoms with van der Waals surface area (Å²) in [5.41, 5.74) is 2.86. The second-order valence-corrected chi connectivity index (χ2v) is 7.28. The first kappa shape index (κ1) is 23.8. The zero-order valence-corrected chi connectivity index (χ0v) is 18.8. The summed E-state index contributed by atoms with van der Waals surface area (Å²) in [7, 11) is 1.55. The van der Waals surface area contributed by atoms with E-state index in [1.54, 1.807) is 37.4 Å². The average molecular weight is 460 g/mol. The molecule has 1 atom stereocenters. The number of anilines is 1. The topological polar surface area (TPSA) is 56.8 Å². The lowest BCUT2D eigenvalue weighted by atomic mass is 10.0. The van der Waals surface area contributed by atoms with Crippen LogP contribution in [-0.4, -0.2) is 26.2 Å². The normalized spacial score (nSPS) is 11.0. The summed E-state index contributed by atoms with van der Waals surface area (Å²) in [5, 5.41) is 3.51. The number of carbonyl (C=O) groups excluding carboxylic acids is 1. The van der Waals surface area contributed by atoms with Crippen molar-refractivity contribution in [2.24, 2.45) is 0 Å². The SMILES string of the molecule is C#CCOc1ccc(-c2ccccc2NC(=O)C(OCC#C)c2ccc(Cl)cc2)cc1OC. The van der Waals surface area contributed by atoms with E-state index in [0.29, 0.717) is 27.8 Å². The highest BCUT2D eigenvalue weighted by Crippen LogP contribution is 2.36. The molecule has 1 unspecified atom stereocenters. The molecule has 6 heteroatoms. The lowest BCUT2D eigenvalue weighted by Gasteiger charge is -2.19. The van der Waals surface area contributed by atoms with E-state index in [1.165, 1.54) is 0 Å². The van der Waals surface area contributed by atoms with Crippen LogP contribution in [0.1, 0.15) is 11.7 Å². The molecule has 3 aromatic carbocycles. The third-order valence-corrected chi connectivity index (χ3v) is 4.97. The van der Waals surface area contributed by atoms with Gasteiger partial charge in [-0.3, -0.25) is 4.79 Å². The summed E-state index contributed by atoms with van der Waals surface area (Å²) in [4.78, 5) is 13.2. The lowest BCUT2D eigenvalue weighted by Crippen LogP contribution is -2.24. The lowest BCUT2D eigenvalue weighted by molar-refractivity contribution is -0.126. The van der Waals surface area contributed by atoms with Crippen LogP contribution >= 0.6 is 11.6 Å². The summed E-state index contributed by atoms with van der Waals surface area (Å²) < 4.78 is 16.6. The van der Waals surface area contributed by atoms with Crippen LogP contribution in [-0.2, 0) is 9.53 Å². The van der Waals surface area contributed by atoms with Crippen molar-refractivity contribution in [3.63, 3.8) is 0 Å². The molecule has 0 heterocycles. The van der Waals surface area contributed by atoms with Crippen molar-refractivity contribution in [2.75, 3.05) is 25.6 Å². The molecule has 0 aliphatic carbocycles. The molecule has 0 aliphatic heterocycles. The Bertz CT molecular complexity index is 1190. The third-order valence-electron chi connectivity index (χ3n) is 4.71. The quantitative estimate of drug-likeness (QED) is 0.438. The number of benzene rings is 3. The Balaban J connectivity index is 1.90. The van der Waals surface area contributed by atoms with Gasteiger partial charge in [-0.25, -0.2) is 0 Å². The first-order chi connectivity index (χ1) is 16.1. The van der Waals surface area contributed by atoms with Crippen molar-refractivity contribution in [1.82, 2.24) is 0 Å². The largest absolute Gasteiger partial charge is 0.493 e. The number of halogens is 1. The number of hydrogen-bond acceptors (Lipinski definition) is 4. The third kappa shape index (κ3) is 6.08. The van der Waals surface area contributed by atoms with E-state index in [9.17, 15) is 4.79 Å². The minimum absolute atomic E-state index is 0.0152. The fourth-order valence-corrected chi connectivity index (χ4v) is 3.33. The van der Waals surface area contributed by atoms with Gasteiger partial charge in [0.1, 0.15) is 13.2 Å². The van der Waals surface area contributed by atoms with Gasteiger partial charge in [0.05, 0.1) is 7.11 Å². The highest BCUT2D eigenvalue weighted by molar-refractivity contribution is 6.30. The molecule has 33 heavy (non-hydrogen) atoms. The van der Waals surface area contributed by atoms with Gasteiger partial charge in [0.2, 0.25) is 0 Å². The van der Waals surface area contributed by atoms with Gasteiger partial charge >= 0.3 is 0 Å². The molecule has 1 N–H and O–H groups in total. The summed E-state index contributed by atoms with van der Waals surface area (Å²) in [5.74, 6) is 5.53. The van der Waals surface area contributed by atoms with E-state index in [0.717, 1.165) is 11.1 Å². The molecule has 0 spiro atoms. The van der Waals surface area contributed by atoms with Crippen LogP contribution in [0.3, 0.4) is 0 Å². The van der Waals surface area contributed by atoms with Crippen LogP contribution in [0.2, 0.25) is 5.02 Å². The Morgan fingerprint density at radius 2 is 1.73 bits per heavy atom. The van der Waals surface area contributed by atoms with E-state index < -0.39 is 6.10 Å². The van der Waals surface area contributed by atoms with E-state index in [2.05, 4.69) is 17.2 Å². The number of para-hydroxylation sites is 1. The van der Waals surface area contributed by atoms with Crippen LogP contribution in [0.4, 0.5) is 5.69 Å². The number of methoxy groups -OCH3 is 1. The van der Waals surface area contributed by atoms with Gasteiger partial charge in [-0.15, -0.1) is 12.8 Å². The van der Waals surface area contributed by atoms with Crippen LogP contribution in [0.5, 0.6) is 11.5 Å². The van der Waals surface area contributed by atoms with Gasteiger partial charge in [0.15, 0.2) is 17.6 Å². The summed E-state index contributed by atoms with van der Waals surface area (Å²) in [6.07, 6.45) is 9.71. The first-order valence-electron chi connectivity index (χ1n) is 10.0. The summed E-state index contributed by atoms with van der Waals surface area (Å²) in [6.45, 7) is 0.116. The van der Waals surface area contributed by atoms with Crippen molar-refractivity contribution in [2.45, 2.75) is 6.10 Å². The predicted octanol–water partition coefficient (Wildman–Crippen LogP) is 5.36. The van der Waals surface area contributed by atoms with Crippen LogP contribution in [0, 0.1) is 24.7 Å². The molecule has 3 rings (SSSR count). The maximum Gasteiger partial charge on any atom is 0.258 e. The standard InChI is InChI=1S/C27H22ClNO4/c1-4-16-32-24-15-12-20(18-25(24)31-3)22-8-6-7-9-23(22)29-27(30)26(33-17-5-2)19-10-13-21(28)14-11-19/h1-2,6-15,18,26H,16-17H2,3H3,(H,29,30). The Hall–Kier alpha value is -3.90. The minimum atomic E-state index is -0.902. The fourth-order valence-electron chi connectivity index (χ4n) is 3.21. The van der Waals surface area contributed by atoms with Gasteiger partial charge < -0.3 is 19.5 Å². The molecule has 5 nitrogen and oxygen atoms in total. The smallest absolute Gasteiger partial charge is 0.258 e. The maximum absolute atomic E-state index is 13.2. The first-order valence-corrected chi connectivity index (χ1v) is 10.4. The van der Waals surface area contributed by atoms with E-state index in [-0.39, 0.29) is 19.1 Å². The Kier molecular flexibility index (Phi) is 8.38. The van der Waals surface area contributed by atoms with Crippen molar-refractivity contribution in [3.8, 4) is 47.3 Å². The molecule has 0 aromatic heterocycles. The molecule has 0 saturated carbocycles. The Morgan fingerprint density at radius 3 is 2.42 bits per heavy atom. The molecule has 0 radical (unpaired) electrons. The predicted molar refractivity (Wildman–Crippen MR) is 130 cm³/mol. The number of amides is 1. The van der Waals surface area contributed by atoms with Gasteiger partial charge in [0, 0.05) is 16.3 Å². The molecule has 166 valence electrons. The second kappa shape index (κ2) is 11.6. The number of hydrogen-bond donors (Lipinski definition) is 1. The average Bonchev–Trinajstić information content (AvgIpc) is 2.84. The maximum atomic E-state index is 13.2.